The molecule has 1 heterocycles. The summed E-state index contributed by atoms with van der Waals surface area (Å²) in [5.41, 5.74) is 1.49. The topological polar surface area (TPSA) is 67.9 Å². The van der Waals surface area contributed by atoms with Crippen LogP contribution in [0.25, 0.3) is 0 Å². The zero-order valence-corrected chi connectivity index (χ0v) is 14.3. The van der Waals surface area contributed by atoms with Gasteiger partial charge in [-0.15, -0.1) is 0 Å². The molecule has 0 aliphatic carbocycles. The maximum absolute atomic E-state index is 12.6. The van der Waals surface area contributed by atoms with Crippen LogP contribution in [0.1, 0.15) is 0 Å². The fraction of sp³-hybridized carbons (Fsp3) is 0.294. The minimum Gasteiger partial charge on any atom is -0.495 e. The number of hydrogen-bond donors (Lipinski definition) is 1. The smallest absolute Gasteiger partial charge is 0.265 e. The van der Waals surface area contributed by atoms with E-state index in [9.17, 15) is 8.42 Å². The van der Waals surface area contributed by atoms with Gasteiger partial charge in [-0.05, 0) is 30.3 Å². The van der Waals surface area contributed by atoms with Crippen LogP contribution >= 0.6 is 0 Å². The molecular weight excluding hydrogens is 328 g/mol. The molecule has 1 saturated heterocycles. The number of hydrogen-bond acceptors (Lipinski definition) is 5. The van der Waals surface area contributed by atoms with E-state index in [1.165, 1.54) is 13.2 Å². The van der Waals surface area contributed by atoms with E-state index in [-0.39, 0.29) is 4.90 Å². The Morgan fingerprint density at radius 1 is 1.08 bits per heavy atom. The van der Waals surface area contributed by atoms with E-state index in [2.05, 4.69) is 9.62 Å². The van der Waals surface area contributed by atoms with Gasteiger partial charge in [0.25, 0.3) is 10.0 Å². The molecule has 128 valence electrons. The lowest BCUT2D eigenvalue weighted by atomic mass is 10.2. The van der Waals surface area contributed by atoms with Gasteiger partial charge in [0.05, 0.1) is 26.0 Å². The predicted octanol–water partition coefficient (Wildman–Crippen LogP) is 2.33. The van der Waals surface area contributed by atoms with Gasteiger partial charge in [-0.1, -0.05) is 18.2 Å². The molecule has 0 atom stereocenters. The second kappa shape index (κ2) is 7.11. The molecule has 2 aromatic rings. The van der Waals surface area contributed by atoms with Gasteiger partial charge in [-0.3, -0.25) is 4.72 Å². The molecule has 6 nitrogen and oxygen atoms in total. The number of nitrogens with one attached hydrogen (secondary N) is 1. The molecule has 0 unspecified atom stereocenters. The van der Waals surface area contributed by atoms with Crippen LogP contribution in [-0.2, 0) is 14.8 Å². The highest BCUT2D eigenvalue weighted by molar-refractivity contribution is 7.92. The summed E-state index contributed by atoms with van der Waals surface area (Å²) in [4.78, 5) is 2.29. The minimum atomic E-state index is -3.72. The molecule has 1 aliphatic heterocycles. The standard InChI is InChI=1S/C17H20N2O4S/c1-22-16-7-2-3-8-17(16)24(20,21)18-14-5-4-6-15(13-14)19-9-11-23-12-10-19/h2-8,13,18H,9-12H2,1H3. The maximum atomic E-state index is 12.6. The number of sulfonamides is 1. The van der Waals surface area contributed by atoms with Gasteiger partial charge in [0.1, 0.15) is 10.6 Å². The first-order valence-corrected chi connectivity index (χ1v) is 9.17. The molecule has 1 N–H and O–H groups in total. The van der Waals surface area contributed by atoms with Crippen molar-refractivity contribution in [2.45, 2.75) is 4.90 Å². The summed E-state index contributed by atoms with van der Waals surface area (Å²) in [7, 11) is -2.27. The van der Waals surface area contributed by atoms with Crippen molar-refractivity contribution in [3.63, 3.8) is 0 Å². The molecule has 1 aliphatic rings. The first-order chi connectivity index (χ1) is 11.6. The highest BCUT2D eigenvalue weighted by Gasteiger charge is 2.19. The number of nitrogens with zero attached hydrogens (tertiary/aromatic N) is 1. The lowest BCUT2D eigenvalue weighted by Crippen LogP contribution is -2.36. The molecule has 0 amide bonds. The van der Waals surface area contributed by atoms with Gasteiger partial charge in [-0.25, -0.2) is 8.42 Å². The SMILES string of the molecule is COc1ccccc1S(=O)(=O)Nc1cccc(N2CCOCC2)c1. The Hall–Kier alpha value is -2.25. The van der Waals surface area contributed by atoms with Crippen LogP contribution < -0.4 is 14.4 Å². The van der Waals surface area contributed by atoms with E-state index in [4.69, 9.17) is 9.47 Å². The number of benzene rings is 2. The normalized spacial score (nSPS) is 15.1. The van der Waals surface area contributed by atoms with Gasteiger partial charge < -0.3 is 14.4 Å². The summed E-state index contributed by atoms with van der Waals surface area (Å²) in [5, 5.41) is 0. The molecule has 24 heavy (non-hydrogen) atoms. The van der Waals surface area contributed by atoms with E-state index in [1.807, 2.05) is 18.2 Å². The van der Waals surface area contributed by atoms with Crippen LogP contribution in [0.3, 0.4) is 0 Å². The quantitative estimate of drug-likeness (QED) is 0.898. The average molecular weight is 348 g/mol. The Bertz CT molecular complexity index is 802. The first-order valence-electron chi connectivity index (χ1n) is 7.69. The first kappa shape index (κ1) is 16.6. The monoisotopic (exact) mass is 348 g/mol. The number of rotatable bonds is 5. The average Bonchev–Trinajstić information content (AvgIpc) is 2.62. The Labute approximate surface area is 142 Å². The lowest BCUT2D eigenvalue weighted by Gasteiger charge is -2.29. The zero-order chi connectivity index (χ0) is 17.0. The third kappa shape index (κ3) is 3.63. The highest BCUT2D eigenvalue weighted by atomic mass is 32.2. The van der Waals surface area contributed by atoms with Crippen LogP contribution in [0.2, 0.25) is 0 Å². The molecule has 1 fully saturated rings. The van der Waals surface area contributed by atoms with Crippen LogP contribution in [0.5, 0.6) is 5.75 Å². The van der Waals surface area contributed by atoms with Gasteiger partial charge in [-0.2, -0.15) is 0 Å². The van der Waals surface area contributed by atoms with Gasteiger partial charge >= 0.3 is 0 Å². The van der Waals surface area contributed by atoms with E-state index < -0.39 is 10.0 Å². The van der Waals surface area contributed by atoms with Crippen molar-refractivity contribution in [2.24, 2.45) is 0 Å². The van der Waals surface area contributed by atoms with Crippen LogP contribution in [0.15, 0.2) is 53.4 Å². The summed E-state index contributed by atoms with van der Waals surface area (Å²) in [5.74, 6) is 0.314. The maximum Gasteiger partial charge on any atom is 0.265 e. The molecule has 3 rings (SSSR count). The fourth-order valence-corrected chi connectivity index (χ4v) is 3.86. The van der Waals surface area contributed by atoms with Crippen molar-refractivity contribution >= 4 is 21.4 Å². The van der Waals surface area contributed by atoms with Crippen molar-refractivity contribution in [2.75, 3.05) is 43.0 Å². The van der Waals surface area contributed by atoms with E-state index in [0.29, 0.717) is 24.7 Å². The molecular formula is C17H20N2O4S. The summed E-state index contributed by atoms with van der Waals surface area (Å²) in [6.45, 7) is 2.94. The zero-order valence-electron chi connectivity index (χ0n) is 13.4. The number of anilines is 2. The highest BCUT2D eigenvalue weighted by Crippen LogP contribution is 2.27. The summed E-state index contributed by atoms with van der Waals surface area (Å²) in [6, 6.07) is 13.9. The summed E-state index contributed by atoms with van der Waals surface area (Å²) < 4.78 is 38.4. The van der Waals surface area contributed by atoms with Crippen LogP contribution in [0.4, 0.5) is 11.4 Å². The Morgan fingerprint density at radius 2 is 1.83 bits per heavy atom. The van der Waals surface area contributed by atoms with Crippen molar-refractivity contribution in [3.8, 4) is 5.75 Å². The molecule has 2 aromatic carbocycles. The van der Waals surface area contributed by atoms with Gasteiger partial charge in [0.15, 0.2) is 0 Å². The van der Waals surface area contributed by atoms with E-state index >= 15 is 0 Å². The Balaban J connectivity index is 1.85. The summed E-state index contributed by atoms with van der Waals surface area (Å²) >= 11 is 0. The predicted molar refractivity (Wildman–Crippen MR) is 93.3 cm³/mol. The number of para-hydroxylation sites is 1. The second-order valence-electron chi connectivity index (χ2n) is 5.41. The van der Waals surface area contributed by atoms with Gasteiger partial charge in [0, 0.05) is 18.8 Å². The van der Waals surface area contributed by atoms with Crippen LogP contribution in [-0.4, -0.2) is 41.8 Å². The van der Waals surface area contributed by atoms with E-state index in [1.54, 1.807) is 24.3 Å². The van der Waals surface area contributed by atoms with E-state index in [0.717, 1.165) is 18.8 Å². The van der Waals surface area contributed by atoms with Crippen molar-refractivity contribution in [1.29, 1.82) is 0 Å². The molecule has 0 aromatic heterocycles. The third-order valence-corrected chi connectivity index (χ3v) is 5.25. The third-order valence-electron chi connectivity index (χ3n) is 3.83. The molecule has 7 heteroatoms. The number of ether oxygens (including phenoxy) is 2. The Morgan fingerprint density at radius 3 is 2.58 bits per heavy atom. The van der Waals surface area contributed by atoms with Crippen LogP contribution in [0, 0.1) is 0 Å². The minimum absolute atomic E-state index is 0.115. The largest absolute Gasteiger partial charge is 0.495 e. The van der Waals surface area contributed by atoms with Crippen molar-refractivity contribution < 1.29 is 17.9 Å². The van der Waals surface area contributed by atoms with Gasteiger partial charge in [0.2, 0.25) is 0 Å². The molecule has 0 spiro atoms. The molecule has 0 radical (unpaired) electrons. The Kier molecular flexibility index (Phi) is 4.92. The second-order valence-corrected chi connectivity index (χ2v) is 7.06. The fourth-order valence-electron chi connectivity index (χ4n) is 2.64. The van der Waals surface area contributed by atoms with Crippen molar-refractivity contribution in [3.05, 3.63) is 48.5 Å². The summed E-state index contributed by atoms with van der Waals surface area (Å²) in [6.07, 6.45) is 0. The number of methoxy groups -OCH3 is 1. The molecule has 0 bridgehead atoms. The molecule has 0 saturated carbocycles. The lowest BCUT2D eigenvalue weighted by molar-refractivity contribution is 0.122. The van der Waals surface area contributed by atoms with Crippen molar-refractivity contribution in [1.82, 2.24) is 0 Å². The number of morpholine rings is 1.